The van der Waals surface area contributed by atoms with E-state index in [-0.39, 0.29) is 24.0 Å². The third kappa shape index (κ3) is 3.66. The molecule has 0 spiro atoms. The van der Waals surface area contributed by atoms with Gasteiger partial charge in [0.2, 0.25) is 5.91 Å². The molecule has 2 heterocycles. The summed E-state index contributed by atoms with van der Waals surface area (Å²) in [6.45, 7) is 3.95. The van der Waals surface area contributed by atoms with Crippen LogP contribution in [0.2, 0.25) is 0 Å². The Morgan fingerprint density at radius 2 is 2.18 bits per heavy atom. The van der Waals surface area contributed by atoms with Gasteiger partial charge in [0.15, 0.2) is 0 Å². The lowest BCUT2D eigenvalue weighted by atomic mass is 9.99. The van der Waals surface area contributed by atoms with Crippen LogP contribution in [0, 0.1) is 5.92 Å². The maximum Gasteiger partial charge on any atom is 0.226 e. The number of amides is 1. The smallest absolute Gasteiger partial charge is 0.226 e. The van der Waals surface area contributed by atoms with Gasteiger partial charge >= 0.3 is 0 Å². The van der Waals surface area contributed by atoms with Gasteiger partial charge in [-0.15, -0.1) is 0 Å². The van der Waals surface area contributed by atoms with Crippen molar-refractivity contribution in [3.8, 4) is 0 Å². The number of fused-ring (bicyclic) bond motifs is 2. The van der Waals surface area contributed by atoms with E-state index in [2.05, 4.69) is 10.2 Å². The number of carbonyl (C=O) groups excluding carboxylic acids is 1. The number of ether oxygens (including phenoxy) is 2. The van der Waals surface area contributed by atoms with E-state index in [1.54, 1.807) is 7.11 Å². The third-order valence-corrected chi connectivity index (χ3v) is 4.49. The standard InChI is InChI=1S/C17H24N2O3/c1-21-8-7-19-11-14-9-15(16(12-19)22-14)17(20)18-10-13-5-3-2-4-6-13/h2-6,14-16H,7-12H2,1H3,(H,18,20)/t14-,15+,16-/m1/s1. The molecule has 2 saturated heterocycles. The Hall–Kier alpha value is -1.43. The molecule has 0 saturated carbocycles. The van der Waals surface area contributed by atoms with E-state index < -0.39 is 0 Å². The summed E-state index contributed by atoms with van der Waals surface area (Å²) in [5.41, 5.74) is 1.12. The number of rotatable bonds is 6. The van der Waals surface area contributed by atoms with Crippen molar-refractivity contribution in [2.45, 2.75) is 25.2 Å². The highest BCUT2D eigenvalue weighted by molar-refractivity contribution is 5.79. The van der Waals surface area contributed by atoms with Gasteiger partial charge in [-0.1, -0.05) is 30.3 Å². The summed E-state index contributed by atoms with van der Waals surface area (Å²) in [5, 5.41) is 3.05. The molecule has 3 rings (SSSR count). The Kier molecular flexibility index (Phi) is 5.08. The molecule has 5 heteroatoms. The van der Waals surface area contributed by atoms with E-state index in [0.717, 1.165) is 38.2 Å². The second-order valence-electron chi connectivity index (χ2n) is 6.09. The molecule has 22 heavy (non-hydrogen) atoms. The quantitative estimate of drug-likeness (QED) is 0.853. The second kappa shape index (κ2) is 7.22. The minimum absolute atomic E-state index is 0.0198. The normalized spacial score (nSPS) is 27.8. The van der Waals surface area contributed by atoms with Crippen molar-refractivity contribution >= 4 is 5.91 Å². The third-order valence-electron chi connectivity index (χ3n) is 4.49. The maximum absolute atomic E-state index is 12.4. The fourth-order valence-electron chi connectivity index (χ4n) is 3.33. The lowest BCUT2D eigenvalue weighted by molar-refractivity contribution is -0.128. The molecule has 0 unspecified atom stereocenters. The molecule has 1 aromatic rings. The van der Waals surface area contributed by atoms with Crippen LogP contribution in [0.25, 0.3) is 0 Å². The van der Waals surface area contributed by atoms with Crippen LogP contribution in [0.3, 0.4) is 0 Å². The Morgan fingerprint density at radius 1 is 1.36 bits per heavy atom. The Labute approximate surface area is 131 Å². The van der Waals surface area contributed by atoms with Crippen molar-refractivity contribution in [2.24, 2.45) is 5.92 Å². The monoisotopic (exact) mass is 304 g/mol. The average molecular weight is 304 g/mol. The predicted molar refractivity (Wildman–Crippen MR) is 83.4 cm³/mol. The minimum atomic E-state index is -0.0266. The molecule has 1 amide bonds. The van der Waals surface area contributed by atoms with Gasteiger partial charge in [-0.05, 0) is 12.0 Å². The molecule has 2 bridgehead atoms. The zero-order chi connectivity index (χ0) is 15.4. The molecule has 1 N–H and O–H groups in total. The highest BCUT2D eigenvalue weighted by Gasteiger charge is 2.44. The average Bonchev–Trinajstić information content (AvgIpc) is 2.86. The topological polar surface area (TPSA) is 50.8 Å². The van der Waals surface area contributed by atoms with Gasteiger partial charge in [0.05, 0.1) is 24.7 Å². The SMILES string of the molecule is COCCN1C[C@H]2C[C@H](C(=O)NCc3ccccc3)[C@@H](C1)O2. The summed E-state index contributed by atoms with van der Waals surface area (Å²) < 4.78 is 11.1. The highest BCUT2D eigenvalue weighted by Crippen LogP contribution is 2.32. The molecule has 2 fully saturated rings. The fraction of sp³-hybridized carbons (Fsp3) is 0.588. The number of morpholine rings is 1. The van der Waals surface area contributed by atoms with Gasteiger partial charge in [0.1, 0.15) is 0 Å². The van der Waals surface area contributed by atoms with Crippen molar-refractivity contribution in [1.82, 2.24) is 10.2 Å². The number of likely N-dealkylation sites (tertiary alicyclic amines) is 1. The molecule has 1 aromatic carbocycles. The molecule has 0 aromatic heterocycles. The van der Waals surface area contributed by atoms with Crippen molar-refractivity contribution in [2.75, 3.05) is 33.4 Å². The van der Waals surface area contributed by atoms with Crippen LogP contribution in [-0.4, -0.2) is 56.4 Å². The molecule has 120 valence electrons. The lowest BCUT2D eigenvalue weighted by Crippen LogP contribution is -2.46. The minimum Gasteiger partial charge on any atom is -0.383 e. The summed E-state index contributed by atoms with van der Waals surface area (Å²) in [7, 11) is 1.72. The number of nitrogens with one attached hydrogen (secondary N) is 1. The first-order valence-corrected chi connectivity index (χ1v) is 7.94. The maximum atomic E-state index is 12.4. The van der Waals surface area contributed by atoms with Crippen LogP contribution in [0.1, 0.15) is 12.0 Å². The van der Waals surface area contributed by atoms with Crippen LogP contribution in [0.5, 0.6) is 0 Å². The van der Waals surface area contributed by atoms with Gasteiger partial charge in [0.25, 0.3) is 0 Å². The molecule has 0 aliphatic carbocycles. The molecule has 5 nitrogen and oxygen atoms in total. The Morgan fingerprint density at radius 3 is 2.95 bits per heavy atom. The molecule has 2 aliphatic heterocycles. The number of carbonyl (C=O) groups is 1. The number of benzene rings is 1. The fourth-order valence-corrected chi connectivity index (χ4v) is 3.33. The van der Waals surface area contributed by atoms with E-state index in [0.29, 0.717) is 6.54 Å². The summed E-state index contributed by atoms with van der Waals surface area (Å²) in [6.07, 6.45) is 1.03. The van der Waals surface area contributed by atoms with Gasteiger partial charge < -0.3 is 14.8 Å². The summed E-state index contributed by atoms with van der Waals surface area (Å²) in [6, 6.07) is 10.0. The van der Waals surface area contributed by atoms with Crippen molar-refractivity contribution in [3.63, 3.8) is 0 Å². The van der Waals surface area contributed by atoms with E-state index in [1.807, 2.05) is 30.3 Å². The molecular formula is C17H24N2O3. The zero-order valence-corrected chi connectivity index (χ0v) is 13.0. The second-order valence-corrected chi connectivity index (χ2v) is 6.09. The number of hydrogen-bond acceptors (Lipinski definition) is 4. The van der Waals surface area contributed by atoms with Crippen molar-refractivity contribution in [1.29, 1.82) is 0 Å². The first-order chi connectivity index (χ1) is 10.8. The lowest BCUT2D eigenvalue weighted by Gasteiger charge is -2.32. The molecular weight excluding hydrogens is 280 g/mol. The number of methoxy groups -OCH3 is 1. The predicted octanol–water partition coefficient (Wildman–Crippen LogP) is 1.04. The zero-order valence-electron chi connectivity index (χ0n) is 13.0. The number of nitrogens with zero attached hydrogens (tertiary/aromatic N) is 1. The van der Waals surface area contributed by atoms with Gasteiger partial charge in [-0.2, -0.15) is 0 Å². The van der Waals surface area contributed by atoms with Crippen LogP contribution in [-0.2, 0) is 20.8 Å². The number of hydrogen-bond donors (Lipinski definition) is 1. The summed E-state index contributed by atoms with van der Waals surface area (Å²) in [5.74, 6) is 0.0891. The largest absolute Gasteiger partial charge is 0.383 e. The van der Waals surface area contributed by atoms with Crippen molar-refractivity contribution < 1.29 is 14.3 Å². The van der Waals surface area contributed by atoms with E-state index in [9.17, 15) is 4.79 Å². The highest BCUT2D eigenvalue weighted by atomic mass is 16.5. The van der Waals surface area contributed by atoms with Gasteiger partial charge in [0, 0.05) is 33.3 Å². The molecule has 0 radical (unpaired) electrons. The summed E-state index contributed by atoms with van der Waals surface area (Å²) >= 11 is 0. The van der Waals surface area contributed by atoms with Gasteiger partial charge in [-0.3, -0.25) is 9.69 Å². The molecule has 2 aliphatic rings. The van der Waals surface area contributed by atoms with Crippen molar-refractivity contribution in [3.05, 3.63) is 35.9 Å². The summed E-state index contributed by atoms with van der Waals surface area (Å²) in [4.78, 5) is 14.8. The Bertz CT molecular complexity index is 494. The van der Waals surface area contributed by atoms with Gasteiger partial charge in [-0.25, -0.2) is 0 Å². The first kappa shape index (κ1) is 15.5. The van der Waals surface area contributed by atoms with Crippen LogP contribution in [0.4, 0.5) is 0 Å². The first-order valence-electron chi connectivity index (χ1n) is 7.94. The van der Waals surface area contributed by atoms with E-state index in [1.165, 1.54) is 0 Å². The van der Waals surface area contributed by atoms with Crippen LogP contribution in [0.15, 0.2) is 30.3 Å². The van der Waals surface area contributed by atoms with E-state index >= 15 is 0 Å². The molecule has 3 atom stereocenters. The van der Waals surface area contributed by atoms with Crippen LogP contribution >= 0.6 is 0 Å². The van der Waals surface area contributed by atoms with E-state index in [4.69, 9.17) is 9.47 Å². The van der Waals surface area contributed by atoms with Crippen LogP contribution < -0.4 is 5.32 Å². The Balaban J connectivity index is 1.51.